The Hall–Kier alpha value is -2.21. The van der Waals surface area contributed by atoms with Gasteiger partial charge in [0.25, 0.3) is 0 Å². The minimum absolute atomic E-state index is 0.000602. The van der Waals surface area contributed by atoms with Crippen LogP contribution in [0, 0.1) is 6.92 Å². The van der Waals surface area contributed by atoms with Gasteiger partial charge < -0.3 is 10.8 Å². The summed E-state index contributed by atoms with van der Waals surface area (Å²) < 4.78 is 0. The first-order chi connectivity index (χ1) is 8.50. The van der Waals surface area contributed by atoms with E-state index in [1.165, 1.54) is 17.4 Å². The van der Waals surface area contributed by atoms with Crippen LogP contribution in [-0.2, 0) is 0 Å². The Morgan fingerprint density at radius 3 is 2.61 bits per heavy atom. The molecule has 1 amide bonds. The normalized spacial score (nSPS) is 10.3. The number of aromatic carboxylic acids is 1. The van der Waals surface area contributed by atoms with Crippen LogP contribution in [0.3, 0.4) is 0 Å². The van der Waals surface area contributed by atoms with Crippen molar-refractivity contribution in [3.8, 4) is 10.6 Å². The van der Waals surface area contributed by atoms with Gasteiger partial charge in [-0.2, -0.15) is 0 Å². The zero-order chi connectivity index (χ0) is 13.3. The van der Waals surface area contributed by atoms with Gasteiger partial charge in [0.1, 0.15) is 5.01 Å². The standard InChI is InChI=1S/C12H10N2O3S/c1-6-5-18-11(14-6)7-3-2-4-8(12(16)17)9(7)10(13)15/h2-5H,1H3,(H2,13,15)(H,16,17). The molecule has 1 heterocycles. The molecule has 0 atom stereocenters. The van der Waals surface area contributed by atoms with Crippen molar-refractivity contribution >= 4 is 23.2 Å². The summed E-state index contributed by atoms with van der Waals surface area (Å²) in [6, 6.07) is 4.57. The van der Waals surface area contributed by atoms with Crippen molar-refractivity contribution in [2.45, 2.75) is 6.92 Å². The maximum atomic E-state index is 11.5. The van der Waals surface area contributed by atoms with E-state index in [4.69, 9.17) is 10.8 Å². The molecule has 18 heavy (non-hydrogen) atoms. The third-order valence-electron chi connectivity index (χ3n) is 2.39. The second-order valence-electron chi connectivity index (χ2n) is 3.69. The van der Waals surface area contributed by atoms with Gasteiger partial charge in [-0.1, -0.05) is 12.1 Å². The Balaban J connectivity index is 2.71. The summed E-state index contributed by atoms with van der Waals surface area (Å²) in [7, 11) is 0. The number of rotatable bonds is 3. The van der Waals surface area contributed by atoms with Crippen molar-refractivity contribution in [2.24, 2.45) is 5.73 Å². The van der Waals surface area contributed by atoms with Crippen molar-refractivity contribution in [1.82, 2.24) is 4.98 Å². The number of carboxylic acid groups (broad SMARTS) is 1. The lowest BCUT2D eigenvalue weighted by Gasteiger charge is -2.07. The van der Waals surface area contributed by atoms with Crippen LogP contribution in [0.25, 0.3) is 10.6 Å². The molecule has 5 nitrogen and oxygen atoms in total. The monoisotopic (exact) mass is 262 g/mol. The molecular weight excluding hydrogens is 252 g/mol. The van der Waals surface area contributed by atoms with E-state index in [0.717, 1.165) is 5.69 Å². The van der Waals surface area contributed by atoms with E-state index in [2.05, 4.69) is 4.98 Å². The predicted octanol–water partition coefficient (Wildman–Crippen LogP) is 1.92. The lowest BCUT2D eigenvalue weighted by atomic mass is 10.0. The van der Waals surface area contributed by atoms with Crippen molar-refractivity contribution in [3.63, 3.8) is 0 Å². The summed E-state index contributed by atoms with van der Waals surface area (Å²) in [5, 5.41) is 11.5. The summed E-state index contributed by atoms with van der Waals surface area (Å²) in [4.78, 5) is 26.8. The molecule has 0 aliphatic rings. The van der Waals surface area contributed by atoms with Gasteiger partial charge in [0.05, 0.1) is 11.1 Å². The number of hydrogen-bond donors (Lipinski definition) is 2. The van der Waals surface area contributed by atoms with Crippen LogP contribution >= 0.6 is 11.3 Å². The van der Waals surface area contributed by atoms with Crippen LogP contribution in [0.15, 0.2) is 23.6 Å². The number of aromatic nitrogens is 1. The van der Waals surface area contributed by atoms with Gasteiger partial charge in [0.2, 0.25) is 5.91 Å². The van der Waals surface area contributed by atoms with E-state index in [0.29, 0.717) is 10.6 Å². The highest BCUT2D eigenvalue weighted by atomic mass is 32.1. The zero-order valence-electron chi connectivity index (χ0n) is 9.51. The number of carbonyl (C=O) groups is 2. The molecule has 2 aromatic rings. The number of primary amides is 1. The van der Waals surface area contributed by atoms with Crippen molar-refractivity contribution < 1.29 is 14.7 Å². The number of thiazole rings is 1. The maximum absolute atomic E-state index is 11.5. The Kier molecular flexibility index (Phi) is 3.12. The highest BCUT2D eigenvalue weighted by molar-refractivity contribution is 7.13. The molecule has 0 bridgehead atoms. The Morgan fingerprint density at radius 2 is 2.11 bits per heavy atom. The molecular formula is C12H10N2O3S. The molecule has 0 saturated carbocycles. The number of aryl methyl sites for hydroxylation is 1. The largest absolute Gasteiger partial charge is 0.478 e. The predicted molar refractivity (Wildman–Crippen MR) is 67.8 cm³/mol. The van der Waals surface area contributed by atoms with Crippen LogP contribution < -0.4 is 5.73 Å². The zero-order valence-corrected chi connectivity index (χ0v) is 10.3. The first kappa shape index (κ1) is 12.3. The van der Waals surface area contributed by atoms with Crippen LogP contribution in [0.2, 0.25) is 0 Å². The lowest BCUT2D eigenvalue weighted by molar-refractivity contribution is 0.0692. The Bertz CT molecular complexity index is 634. The van der Waals surface area contributed by atoms with Crippen molar-refractivity contribution in [2.75, 3.05) is 0 Å². The maximum Gasteiger partial charge on any atom is 0.336 e. The molecule has 0 saturated heterocycles. The molecule has 92 valence electrons. The average Bonchev–Trinajstić information content (AvgIpc) is 2.74. The summed E-state index contributed by atoms with van der Waals surface area (Å²) >= 11 is 1.34. The molecule has 1 aromatic heterocycles. The Morgan fingerprint density at radius 1 is 1.39 bits per heavy atom. The van der Waals surface area contributed by atoms with E-state index in [9.17, 15) is 9.59 Å². The lowest BCUT2D eigenvalue weighted by Crippen LogP contribution is -2.17. The Labute approximate surface area is 107 Å². The fraction of sp³-hybridized carbons (Fsp3) is 0.0833. The molecule has 6 heteroatoms. The molecule has 1 aromatic carbocycles. The molecule has 0 fully saturated rings. The van der Waals surface area contributed by atoms with Crippen LogP contribution in [0.1, 0.15) is 26.4 Å². The summed E-state index contributed by atoms with van der Waals surface area (Å²) in [6.07, 6.45) is 0. The van der Waals surface area contributed by atoms with E-state index in [-0.39, 0.29) is 11.1 Å². The van der Waals surface area contributed by atoms with Crippen molar-refractivity contribution in [1.29, 1.82) is 0 Å². The number of amides is 1. The topological polar surface area (TPSA) is 93.3 Å². The fourth-order valence-corrected chi connectivity index (χ4v) is 2.48. The average molecular weight is 262 g/mol. The number of benzene rings is 1. The van der Waals surface area contributed by atoms with Gasteiger partial charge in [-0.3, -0.25) is 4.79 Å². The summed E-state index contributed by atoms with van der Waals surface area (Å²) in [6.45, 7) is 1.82. The minimum atomic E-state index is -1.18. The van der Waals surface area contributed by atoms with Gasteiger partial charge in [-0.05, 0) is 13.0 Å². The second kappa shape index (κ2) is 4.58. The van der Waals surface area contributed by atoms with Gasteiger partial charge in [-0.25, -0.2) is 9.78 Å². The van der Waals surface area contributed by atoms with Crippen LogP contribution in [-0.4, -0.2) is 22.0 Å². The quantitative estimate of drug-likeness (QED) is 0.883. The third kappa shape index (κ3) is 2.10. The SMILES string of the molecule is Cc1csc(-c2cccc(C(=O)O)c2C(N)=O)n1. The third-order valence-corrected chi connectivity index (χ3v) is 3.38. The first-order valence-electron chi connectivity index (χ1n) is 5.09. The van der Waals surface area contributed by atoms with Crippen molar-refractivity contribution in [3.05, 3.63) is 40.4 Å². The number of hydrogen-bond acceptors (Lipinski definition) is 4. The number of nitrogens with two attached hydrogens (primary N) is 1. The van der Waals surface area contributed by atoms with Gasteiger partial charge in [0.15, 0.2) is 0 Å². The van der Waals surface area contributed by atoms with E-state index < -0.39 is 11.9 Å². The molecule has 0 unspecified atom stereocenters. The first-order valence-corrected chi connectivity index (χ1v) is 5.97. The number of carboxylic acids is 1. The highest BCUT2D eigenvalue weighted by Crippen LogP contribution is 2.28. The smallest absolute Gasteiger partial charge is 0.336 e. The van der Waals surface area contributed by atoms with Gasteiger partial charge >= 0.3 is 5.97 Å². The molecule has 0 spiro atoms. The summed E-state index contributed by atoms with van der Waals surface area (Å²) in [5.74, 6) is -1.95. The number of carbonyl (C=O) groups excluding carboxylic acids is 1. The molecule has 0 aliphatic carbocycles. The summed E-state index contributed by atoms with van der Waals surface area (Å²) in [5.41, 5.74) is 6.44. The molecule has 0 radical (unpaired) electrons. The highest BCUT2D eigenvalue weighted by Gasteiger charge is 2.20. The minimum Gasteiger partial charge on any atom is -0.478 e. The van der Waals surface area contributed by atoms with Gasteiger partial charge in [0, 0.05) is 16.6 Å². The van der Waals surface area contributed by atoms with E-state index >= 15 is 0 Å². The molecule has 3 N–H and O–H groups in total. The fourth-order valence-electron chi connectivity index (χ4n) is 1.65. The molecule has 2 rings (SSSR count). The van der Waals surface area contributed by atoms with Crippen LogP contribution in [0.4, 0.5) is 0 Å². The molecule has 0 aliphatic heterocycles. The van der Waals surface area contributed by atoms with E-state index in [1.54, 1.807) is 12.1 Å². The van der Waals surface area contributed by atoms with Gasteiger partial charge in [-0.15, -0.1) is 11.3 Å². The second-order valence-corrected chi connectivity index (χ2v) is 4.55. The van der Waals surface area contributed by atoms with E-state index in [1.807, 2.05) is 12.3 Å². The number of nitrogens with zero attached hydrogens (tertiary/aromatic N) is 1. The van der Waals surface area contributed by atoms with Crippen LogP contribution in [0.5, 0.6) is 0 Å².